The van der Waals surface area contributed by atoms with Crippen molar-refractivity contribution in [3.63, 3.8) is 0 Å². The number of pyridine rings is 1. The van der Waals surface area contributed by atoms with E-state index >= 15 is 0 Å². The normalized spacial score (nSPS) is 10.8. The van der Waals surface area contributed by atoms with Gasteiger partial charge in [-0.1, -0.05) is 29.8 Å². The van der Waals surface area contributed by atoms with Gasteiger partial charge in [0.15, 0.2) is 0 Å². The van der Waals surface area contributed by atoms with Gasteiger partial charge in [-0.2, -0.15) is 0 Å². The number of hydrogen-bond acceptors (Lipinski definition) is 4. The molecule has 0 aliphatic rings. The summed E-state index contributed by atoms with van der Waals surface area (Å²) < 4.78 is 1.25. The second kappa shape index (κ2) is 5.16. The lowest BCUT2D eigenvalue weighted by Gasteiger charge is -2.12. The number of rotatable bonds is 2. The number of nitrogen functional groups attached to an aromatic ring is 1. The summed E-state index contributed by atoms with van der Waals surface area (Å²) in [7, 11) is 0. The van der Waals surface area contributed by atoms with Crippen LogP contribution in [0.5, 0.6) is 0 Å². The maximum atomic E-state index is 12.6. The Morgan fingerprint density at radius 3 is 2.45 bits per heavy atom. The highest BCUT2D eigenvalue weighted by Crippen LogP contribution is 2.30. The minimum Gasteiger partial charge on any atom is -0.392 e. The highest BCUT2D eigenvalue weighted by atomic mass is 35.5. The molecule has 6 nitrogen and oxygen atoms in total. The molecule has 0 saturated heterocycles. The maximum absolute atomic E-state index is 12.6. The number of hydrogen-bond donors (Lipinski definition) is 1. The Morgan fingerprint density at radius 2 is 1.82 bits per heavy atom. The Kier molecular flexibility index (Phi) is 3.30. The molecule has 0 unspecified atom stereocenters. The topological polar surface area (TPSA) is 91.2 Å². The molecular weight excluding hydrogens is 306 g/mol. The molecule has 22 heavy (non-hydrogen) atoms. The molecule has 0 radical (unpaired) electrons. The van der Waals surface area contributed by atoms with Crippen molar-refractivity contribution in [1.29, 1.82) is 0 Å². The Bertz CT molecular complexity index is 952. The van der Waals surface area contributed by atoms with Gasteiger partial charge in [0.05, 0.1) is 10.4 Å². The highest BCUT2D eigenvalue weighted by molar-refractivity contribution is 6.31. The minimum absolute atomic E-state index is 0.158. The molecule has 2 N–H and O–H groups in total. The van der Waals surface area contributed by atoms with Crippen LogP contribution in [0.1, 0.15) is 0 Å². The molecule has 0 fully saturated rings. The van der Waals surface area contributed by atoms with Gasteiger partial charge in [0.25, 0.3) is 0 Å². The van der Waals surface area contributed by atoms with Gasteiger partial charge in [-0.05, 0) is 30.3 Å². The van der Waals surface area contributed by atoms with E-state index in [-0.39, 0.29) is 5.69 Å². The summed E-state index contributed by atoms with van der Waals surface area (Å²) in [6.07, 6.45) is 0. The fraction of sp³-hybridized carbons (Fsp3) is 0. The number of nitro groups is 1. The van der Waals surface area contributed by atoms with Crippen molar-refractivity contribution in [2.75, 3.05) is 5.73 Å². The minimum atomic E-state index is -0.788. The zero-order valence-corrected chi connectivity index (χ0v) is 11.9. The van der Waals surface area contributed by atoms with E-state index in [4.69, 9.17) is 17.3 Å². The van der Waals surface area contributed by atoms with Gasteiger partial charge >= 0.3 is 11.2 Å². The lowest BCUT2D eigenvalue weighted by Crippen LogP contribution is -2.23. The second-order valence-electron chi connectivity index (χ2n) is 4.66. The number of para-hydroxylation sites is 1. The van der Waals surface area contributed by atoms with Crippen molar-refractivity contribution >= 4 is 33.9 Å². The fourth-order valence-corrected chi connectivity index (χ4v) is 2.55. The van der Waals surface area contributed by atoms with Crippen molar-refractivity contribution in [3.05, 3.63) is 74.0 Å². The van der Waals surface area contributed by atoms with Gasteiger partial charge in [0.2, 0.25) is 0 Å². The molecule has 0 amide bonds. The Balaban J connectivity index is 2.56. The first-order valence-electron chi connectivity index (χ1n) is 6.34. The van der Waals surface area contributed by atoms with E-state index in [1.165, 1.54) is 4.57 Å². The number of aromatic nitrogens is 1. The van der Waals surface area contributed by atoms with Crippen LogP contribution in [0, 0.1) is 10.1 Å². The Hall–Kier alpha value is -2.86. The van der Waals surface area contributed by atoms with E-state index < -0.39 is 16.2 Å². The van der Waals surface area contributed by atoms with Crippen LogP contribution in [0.3, 0.4) is 0 Å². The predicted octanol–water partition coefficient (Wildman–Crippen LogP) is 3.13. The zero-order valence-electron chi connectivity index (χ0n) is 11.2. The van der Waals surface area contributed by atoms with Crippen molar-refractivity contribution in [2.45, 2.75) is 0 Å². The first-order chi connectivity index (χ1) is 10.5. The average molecular weight is 316 g/mol. The van der Waals surface area contributed by atoms with Crippen LogP contribution in [0.15, 0.2) is 53.3 Å². The maximum Gasteiger partial charge on any atom is 0.357 e. The van der Waals surface area contributed by atoms with E-state index in [9.17, 15) is 14.9 Å². The van der Waals surface area contributed by atoms with Gasteiger partial charge in [0, 0.05) is 16.1 Å². The third-order valence-corrected chi connectivity index (χ3v) is 3.58. The average Bonchev–Trinajstić information content (AvgIpc) is 2.47. The Labute approximate surface area is 129 Å². The van der Waals surface area contributed by atoms with E-state index in [0.29, 0.717) is 21.6 Å². The van der Waals surface area contributed by atoms with Gasteiger partial charge in [-0.15, -0.1) is 0 Å². The standard InChI is InChI=1S/C15H10ClN3O3/c16-9-6-7-11-12(8-9)18(10-4-2-1-3-5-10)15(20)14(13(11)17)19(21)22/h1-8H,17H2. The molecule has 2 aromatic carbocycles. The quantitative estimate of drug-likeness (QED) is 0.581. The molecular formula is C15H10ClN3O3. The van der Waals surface area contributed by atoms with Crippen molar-refractivity contribution in [3.8, 4) is 5.69 Å². The smallest absolute Gasteiger partial charge is 0.357 e. The highest BCUT2D eigenvalue weighted by Gasteiger charge is 2.24. The van der Waals surface area contributed by atoms with Crippen molar-refractivity contribution in [1.82, 2.24) is 4.57 Å². The molecule has 110 valence electrons. The third-order valence-electron chi connectivity index (χ3n) is 3.35. The van der Waals surface area contributed by atoms with Crippen LogP contribution in [-0.4, -0.2) is 9.49 Å². The summed E-state index contributed by atoms with van der Waals surface area (Å²) in [6, 6.07) is 13.3. The predicted molar refractivity (Wildman–Crippen MR) is 85.6 cm³/mol. The van der Waals surface area contributed by atoms with E-state index in [0.717, 1.165) is 0 Å². The van der Waals surface area contributed by atoms with E-state index in [2.05, 4.69) is 0 Å². The number of benzene rings is 2. The zero-order chi connectivity index (χ0) is 15.9. The van der Waals surface area contributed by atoms with Crippen LogP contribution in [0.2, 0.25) is 5.02 Å². The van der Waals surface area contributed by atoms with E-state index in [1.807, 2.05) is 0 Å². The second-order valence-corrected chi connectivity index (χ2v) is 5.09. The lowest BCUT2D eigenvalue weighted by atomic mass is 10.1. The monoisotopic (exact) mass is 315 g/mol. The first-order valence-corrected chi connectivity index (χ1v) is 6.72. The molecule has 1 heterocycles. The number of fused-ring (bicyclic) bond motifs is 1. The number of anilines is 1. The summed E-state index contributed by atoms with van der Waals surface area (Å²) >= 11 is 6.00. The van der Waals surface area contributed by atoms with Gasteiger partial charge < -0.3 is 5.73 Å². The summed E-state index contributed by atoms with van der Waals surface area (Å²) in [6.45, 7) is 0. The van der Waals surface area contributed by atoms with Crippen molar-refractivity contribution in [2.24, 2.45) is 0 Å². The molecule has 1 aromatic heterocycles. The number of nitrogens with zero attached hydrogens (tertiary/aromatic N) is 2. The fourth-order valence-electron chi connectivity index (χ4n) is 2.39. The van der Waals surface area contributed by atoms with Gasteiger partial charge in [-0.25, -0.2) is 0 Å². The molecule has 0 aliphatic heterocycles. The summed E-state index contributed by atoms with van der Waals surface area (Å²) in [4.78, 5) is 23.0. The SMILES string of the molecule is Nc1c([N+](=O)[O-])c(=O)n(-c2ccccc2)c2cc(Cl)ccc12. The molecule has 0 atom stereocenters. The Morgan fingerprint density at radius 1 is 1.14 bits per heavy atom. The molecule has 7 heteroatoms. The van der Waals surface area contributed by atoms with Crippen LogP contribution in [0.4, 0.5) is 11.4 Å². The van der Waals surface area contributed by atoms with Crippen molar-refractivity contribution < 1.29 is 4.92 Å². The summed E-state index contributed by atoms with van der Waals surface area (Å²) in [5.74, 6) is 0. The van der Waals surface area contributed by atoms with Gasteiger partial charge in [-0.3, -0.25) is 19.5 Å². The van der Waals surface area contributed by atoms with Gasteiger partial charge in [0.1, 0.15) is 5.69 Å². The summed E-state index contributed by atoms with van der Waals surface area (Å²) in [5.41, 5.74) is 5.16. The van der Waals surface area contributed by atoms with E-state index in [1.54, 1.807) is 48.5 Å². The number of nitrogens with two attached hydrogens (primary N) is 1. The third kappa shape index (κ3) is 2.10. The van der Waals surface area contributed by atoms with Crippen LogP contribution in [0.25, 0.3) is 16.6 Å². The molecule has 3 rings (SSSR count). The molecule has 0 aliphatic carbocycles. The first kappa shape index (κ1) is 14.1. The number of halogens is 1. The largest absolute Gasteiger partial charge is 0.392 e. The van der Waals surface area contributed by atoms with Crippen LogP contribution in [-0.2, 0) is 0 Å². The molecule has 3 aromatic rings. The lowest BCUT2D eigenvalue weighted by molar-refractivity contribution is -0.385. The molecule has 0 saturated carbocycles. The molecule has 0 bridgehead atoms. The molecule has 0 spiro atoms. The van der Waals surface area contributed by atoms with Crippen LogP contribution >= 0.6 is 11.6 Å². The van der Waals surface area contributed by atoms with Crippen LogP contribution < -0.4 is 11.3 Å². The summed E-state index contributed by atoms with van der Waals surface area (Å²) in [5, 5.41) is 12.0.